The number of aliphatic hydroxyl groups excluding tert-OH is 1. The fourth-order valence-electron chi connectivity index (χ4n) is 1.80. The predicted octanol–water partition coefficient (Wildman–Crippen LogP) is -6.99. The second kappa shape index (κ2) is 15.9. The molecule has 0 aliphatic heterocycles. The minimum Gasteiger partial charge on any atom is -1.00 e. The van der Waals surface area contributed by atoms with Crippen LogP contribution in [0.4, 0.5) is 0 Å². The molecule has 2 aromatic carbocycles. The van der Waals surface area contributed by atoms with Crippen LogP contribution in [0.2, 0.25) is 0 Å². The molecule has 0 aliphatic rings. The number of rotatable bonds is 6. The van der Waals surface area contributed by atoms with E-state index < -0.39 is 6.10 Å². The molecular weight excluding hydrogens is 441 g/mol. The summed E-state index contributed by atoms with van der Waals surface area (Å²) < 4.78 is 0. The third kappa shape index (κ3) is 10.0. The molecule has 0 saturated heterocycles. The number of phenols is 2. The molecule has 0 atom stereocenters. The molecule has 0 radical (unpaired) electrons. The Balaban J connectivity index is -0.00000132. The molecule has 0 bridgehead atoms. The summed E-state index contributed by atoms with van der Waals surface area (Å²) in [7, 11) is 0. The molecule has 26 heavy (non-hydrogen) atoms. The van der Waals surface area contributed by atoms with Crippen molar-refractivity contribution in [2.45, 2.75) is 6.10 Å². The van der Waals surface area contributed by atoms with Crippen LogP contribution in [-0.2, 0) is 17.1 Å². The normalized spacial score (nSPS) is 11.0. The van der Waals surface area contributed by atoms with Crippen molar-refractivity contribution in [1.29, 1.82) is 0 Å². The van der Waals surface area contributed by atoms with E-state index >= 15 is 0 Å². The maximum Gasteiger partial charge on any atom is 3.00 e. The van der Waals surface area contributed by atoms with Crippen LogP contribution in [0.1, 0.15) is 11.1 Å². The number of aromatic hydroxyl groups is 2. The largest absolute Gasteiger partial charge is 3.00 e. The predicted molar refractivity (Wildman–Crippen MR) is 87.1 cm³/mol. The number of phenolic OH excluding ortho intramolecular Hbond substituents is 2. The zero-order valence-electron chi connectivity index (χ0n) is 13.5. The van der Waals surface area contributed by atoms with Gasteiger partial charge >= 0.3 is 17.1 Å². The summed E-state index contributed by atoms with van der Waals surface area (Å²) in [4.78, 5) is 8.17. The van der Waals surface area contributed by atoms with E-state index in [1.54, 1.807) is 48.5 Å². The Labute approximate surface area is 182 Å². The topological polar surface area (TPSA) is 85.4 Å². The maximum atomic E-state index is 9.79. The molecule has 0 heterocycles. The summed E-state index contributed by atoms with van der Waals surface area (Å²) >= 11 is 0. The van der Waals surface area contributed by atoms with Gasteiger partial charge in [-0.25, -0.2) is 0 Å². The van der Waals surface area contributed by atoms with Crippen molar-refractivity contribution in [3.05, 3.63) is 59.7 Å². The van der Waals surface area contributed by atoms with Crippen LogP contribution in [0.15, 0.2) is 58.5 Å². The SMILES string of the molecule is Oc1ccccc1C=NCC(O)CN=Cc1ccccc1O.[Cl-].[Cl-].[Cl-].[Mn+3]. The van der Waals surface area contributed by atoms with Gasteiger partial charge < -0.3 is 52.5 Å². The molecule has 0 saturated carbocycles. The van der Waals surface area contributed by atoms with Crippen LogP contribution in [0.25, 0.3) is 0 Å². The third-order valence-electron chi connectivity index (χ3n) is 2.97. The van der Waals surface area contributed by atoms with Gasteiger partial charge in [0.1, 0.15) is 11.5 Å². The molecule has 9 heteroatoms. The molecule has 3 N–H and O–H groups in total. The number of hydrogen-bond donors (Lipinski definition) is 3. The zero-order chi connectivity index (χ0) is 15.8. The van der Waals surface area contributed by atoms with Crippen molar-refractivity contribution < 1.29 is 69.6 Å². The van der Waals surface area contributed by atoms with Crippen molar-refractivity contribution >= 4 is 12.4 Å². The molecule has 0 fully saturated rings. The van der Waals surface area contributed by atoms with Gasteiger partial charge in [0.25, 0.3) is 0 Å². The average molecular weight is 460 g/mol. The molecule has 0 aromatic heterocycles. The fourth-order valence-corrected chi connectivity index (χ4v) is 1.80. The van der Waals surface area contributed by atoms with Gasteiger partial charge in [-0.3, -0.25) is 9.98 Å². The van der Waals surface area contributed by atoms with Gasteiger partial charge in [-0.05, 0) is 24.3 Å². The number of aliphatic imine (C=N–C) groups is 2. The Morgan fingerprint density at radius 1 is 0.731 bits per heavy atom. The molecule has 2 aromatic rings. The number of aliphatic hydroxyl groups is 1. The Morgan fingerprint density at radius 2 is 1.08 bits per heavy atom. The minimum absolute atomic E-state index is 0. The summed E-state index contributed by atoms with van der Waals surface area (Å²) in [5.74, 6) is 0.302. The van der Waals surface area contributed by atoms with E-state index in [0.717, 1.165) is 0 Å². The molecule has 0 spiro atoms. The number of halogens is 3. The second-order valence-electron chi connectivity index (χ2n) is 4.76. The van der Waals surface area contributed by atoms with Crippen molar-refractivity contribution in [1.82, 2.24) is 0 Å². The van der Waals surface area contributed by atoms with E-state index in [0.29, 0.717) is 11.1 Å². The van der Waals surface area contributed by atoms with E-state index in [1.807, 2.05) is 0 Å². The van der Waals surface area contributed by atoms with Crippen LogP contribution >= 0.6 is 0 Å². The molecule has 142 valence electrons. The Bertz CT molecular complexity index is 630. The number of nitrogens with zero attached hydrogens (tertiary/aromatic N) is 2. The zero-order valence-corrected chi connectivity index (χ0v) is 17.0. The summed E-state index contributed by atoms with van der Waals surface area (Å²) in [5, 5.41) is 28.9. The van der Waals surface area contributed by atoms with Crippen LogP contribution in [0.3, 0.4) is 0 Å². The van der Waals surface area contributed by atoms with Crippen molar-refractivity contribution in [3.63, 3.8) is 0 Å². The summed E-state index contributed by atoms with van der Waals surface area (Å²) in [5.41, 5.74) is 1.21. The smallest absolute Gasteiger partial charge is 1.00 e. The number of para-hydroxylation sites is 2. The second-order valence-corrected chi connectivity index (χ2v) is 4.76. The van der Waals surface area contributed by atoms with E-state index in [2.05, 4.69) is 9.98 Å². The average Bonchev–Trinajstić information content (AvgIpc) is 2.51. The van der Waals surface area contributed by atoms with Gasteiger partial charge in [-0.2, -0.15) is 0 Å². The van der Waals surface area contributed by atoms with Crippen LogP contribution < -0.4 is 37.2 Å². The number of hydrogen-bond acceptors (Lipinski definition) is 5. The maximum absolute atomic E-state index is 9.79. The van der Waals surface area contributed by atoms with Gasteiger partial charge in [0.15, 0.2) is 0 Å². The molecule has 0 aliphatic carbocycles. The van der Waals surface area contributed by atoms with Crippen molar-refractivity contribution in [2.75, 3.05) is 13.1 Å². The van der Waals surface area contributed by atoms with E-state index in [9.17, 15) is 15.3 Å². The summed E-state index contributed by atoms with van der Waals surface area (Å²) in [6.45, 7) is 0.374. The molecule has 0 unspecified atom stereocenters. The van der Waals surface area contributed by atoms with Crippen molar-refractivity contribution in [3.8, 4) is 11.5 Å². The third-order valence-corrected chi connectivity index (χ3v) is 2.97. The molecule has 2 rings (SSSR count). The van der Waals surface area contributed by atoms with Gasteiger partial charge in [0.05, 0.1) is 19.2 Å². The molecular formula is C17H18Cl3MnN2O3. The quantitative estimate of drug-likeness (QED) is 0.297. The molecule has 5 nitrogen and oxygen atoms in total. The Hall–Kier alpha value is -1.27. The van der Waals surface area contributed by atoms with Gasteiger partial charge in [0.2, 0.25) is 0 Å². The Kier molecular flexibility index (Phi) is 18.1. The molecule has 0 amide bonds. The van der Waals surface area contributed by atoms with Crippen LogP contribution in [0.5, 0.6) is 11.5 Å². The fraction of sp³-hybridized carbons (Fsp3) is 0.176. The van der Waals surface area contributed by atoms with Gasteiger partial charge in [-0.15, -0.1) is 0 Å². The van der Waals surface area contributed by atoms with Crippen molar-refractivity contribution in [2.24, 2.45) is 9.98 Å². The summed E-state index contributed by atoms with van der Waals surface area (Å²) in [6.07, 6.45) is 2.32. The first-order valence-corrected chi connectivity index (χ1v) is 6.90. The first-order valence-electron chi connectivity index (χ1n) is 6.90. The van der Waals surface area contributed by atoms with E-state index in [-0.39, 0.29) is 78.9 Å². The van der Waals surface area contributed by atoms with Crippen LogP contribution in [-0.4, -0.2) is 46.9 Å². The standard InChI is InChI=1S/C17H18N2O3.3ClH.Mn/c20-15(11-18-9-13-5-1-3-7-16(13)21)12-19-10-14-6-2-4-8-17(14)22;;;;/h1-10,15,20-22H,11-12H2;3*1H;/q;;;;+3/p-3. The van der Waals surface area contributed by atoms with E-state index in [1.165, 1.54) is 12.4 Å². The first kappa shape index (κ1) is 29.5. The number of benzene rings is 2. The monoisotopic (exact) mass is 458 g/mol. The van der Waals surface area contributed by atoms with Gasteiger partial charge in [0, 0.05) is 23.6 Å². The van der Waals surface area contributed by atoms with Crippen LogP contribution in [0, 0.1) is 0 Å². The Morgan fingerprint density at radius 3 is 1.42 bits per heavy atom. The van der Waals surface area contributed by atoms with Gasteiger partial charge in [-0.1, -0.05) is 24.3 Å². The first-order chi connectivity index (χ1) is 10.7. The minimum atomic E-state index is -0.718. The van der Waals surface area contributed by atoms with E-state index in [4.69, 9.17) is 0 Å². The summed E-state index contributed by atoms with van der Waals surface area (Å²) in [6, 6.07) is 13.7.